The first-order chi connectivity index (χ1) is 17.5. The van der Waals surface area contributed by atoms with Crippen molar-refractivity contribution in [2.75, 3.05) is 25.9 Å². The van der Waals surface area contributed by atoms with Crippen molar-refractivity contribution in [3.05, 3.63) is 113 Å². The summed E-state index contributed by atoms with van der Waals surface area (Å²) in [5, 5.41) is 0. The molecule has 0 saturated carbocycles. The summed E-state index contributed by atoms with van der Waals surface area (Å²) in [5.41, 5.74) is 4.97. The van der Waals surface area contributed by atoms with E-state index in [1.54, 1.807) is 7.11 Å². The summed E-state index contributed by atoms with van der Waals surface area (Å²) >= 11 is 0. The van der Waals surface area contributed by atoms with Crippen LogP contribution in [0.1, 0.15) is 32.6 Å². The molecular formula is C30H25NO5. The molecule has 6 nitrogen and oxygen atoms in total. The predicted molar refractivity (Wildman–Crippen MR) is 136 cm³/mol. The Labute approximate surface area is 209 Å². The van der Waals surface area contributed by atoms with Gasteiger partial charge in [0.2, 0.25) is 0 Å². The number of hydrogen-bond donors (Lipinski definition) is 0. The third-order valence-corrected chi connectivity index (χ3v) is 6.81. The van der Waals surface area contributed by atoms with Gasteiger partial charge in [0.15, 0.2) is 12.4 Å². The minimum atomic E-state index is -1.05. The molecule has 1 atom stereocenters. The number of benzene rings is 4. The number of nitrogens with zero attached hydrogens (tertiary/aromatic N) is 1. The van der Waals surface area contributed by atoms with Gasteiger partial charge in [-0.3, -0.25) is 0 Å². The number of carbonyl (C=O) groups is 1. The van der Waals surface area contributed by atoms with E-state index >= 15 is 0 Å². The van der Waals surface area contributed by atoms with Crippen LogP contribution < -0.4 is 14.4 Å². The van der Waals surface area contributed by atoms with Crippen molar-refractivity contribution in [2.45, 2.75) is 12.5 Å². The van der Waals surface area contributed by atoms with Gasteiger partial charge in [0.25, 0.3) is 0 Å². The lowest BCUT2D eigenvalue weighted by molar-refractivity contribution is 0.0224. The number of rotatable bonds is 5. The molecule has 0 fully saturated rings. The number of esters is 1. The van der Waals surface area contributed by atoms with Crippen LogP contribution in [0.5, 0.6) is 17.2 Å². The Morgan fingerprint density at radius 3 is 2.31 bits per heavy atom. The first kappa shape index (κ1) is 22.2. The smallest absolute Gasteiger partial charge is 0.340 e. The van der Waals surface area contributed by atoms with E-state index in [2.05, 4.69) is 4.90 Å². The van der Waals surface area contributed by atoms with Gasteiger partial charge in [-0.05, 0) is 61.0 Å². The molecule has 6 heteroatoms. The lowest BCUT2D eigenvalue weighted by Crippen LogP contribution is -2.33. The Hall–Kier alpha value is -4.29. The van der Waals surface area contributed by atoms with Crippen molar-refractivity contribution in [1.29, 1.82) is 0 Å². The first-order valence-electron chi connectivity index (χ1n) is 11.7. The molecule has 2 aliphatic rings. The molecule has 0 radical (unpaired) electrons. The molecule has 0 aromatic heterocycles. The summed E-state index contributed by atoms with van der Waals surface area (Å²) in [6.45, 7) is 2.22. The molecule has 2 aliphatic heterocycles. The zero-order valence-electron chi connectivity index (χ0n) is 20.3. The van der Waals surface area contributed by atoms with Gasteiger partial charge in [0.05, 0.1) is 5.56 Å². The zero-order chi connectivity index (χ0) is 24.9. The van der Waals surface area contributed by atoms with Crippen molar-refractivity contribution >= 4 is 17.3 Å². The van der Waals surface area contributed by atoms with Crippen LogP contribution in [0.15, 0.2) is 84.9 Å². The van der Waals surface area contributed by atoms with E-state index in [1.807, 2.05) is 98.9 Å². The van der Waals surface area contributed by atoms with E-state index in [0.717, 1.165) is 39.4 Å². The fourth-order valence-electron chi connectivity index (χ4n) is 5.02. The number of aryl methyl sites for hydroxylation is 1. The first-order valence-corrected chi connectivity index (χ1v) is 11.7. The van der Waals surface area contributed by atoms with Gasteiger partial charge in [0, 0.05) is 48.3 Å². The molecule has 0 amide bonds. The Morgan fingerprint density at radius 2 is 1.53 bits per heavy atom. The summed E-state index contributed by atoms with van der Waals surface area (Å²) in [5.74, 6) is 1.74. The van der Waals surface area contributed by atoms with Gasteiger partial charge in [-0.15, -0.1) is 0 Å². The third-order valence-electron chi connectivity index (χ3n) is 6.81. The van der Waals surface area contributed by atoms with Crippen LogP contribution in [-0.4, -0.2) is 26.9 Å². The van der Waals surface area contributed by atoms with Crippen molar-refractivity contribution in [3.8, 4) is 17.2 Å². The SMILES string of the molecule is COCOc1ccc(N(C)c2ccc3c(c2)Oc2cc(C)ccc2C32OC(=O)c3ccccc32)cc1. The second-order valence-corrected chi connectivity index (χ2v) is 9.00. The van der Waals surface area contributed by atoms with E-state index in [1.165, 1.54) is 0 Å². The predicted octanol–water partition coefficient (Wildman–Crippen LogP) is 6.31. The normalized spacial score (nSPS) is 17.0. The monoisotopic (exact) mass is 479 g/mol. The molecule has 4 aromatic carbocycles. The molecule has 0 aliphatic carbocycles. The van der Waals surface area contributed by atoms with Crippen LogP contribution in [0.25, 0.3) is 0 Å². The summed E-state index contributed by atoms with van der Waals surface area (Å²) in [6, 6.07) is 27.4. The Morgan fingerprint density at radius 1 is 0.833 bits per heavy atom. The van der Waals surface area contributed by atoms with E-state index in [-0.39, 0.29) is 12.8 Å². The quantitative estimate of drug-likeness (QED) is 0.247. The number of ether oxygens (including phenoxy) is 4. The van der Waals surface area contributed by atoms with Gasteiger partial charge < -0.3 is 23.8 Å². The summed E-state index contributed by atoms with van der Waals surface area (Å²) in [7, 11) is 3.59. The number of methoxy groups -OCH3 is 1. The molecule has 6 rings (SSSR count). The molecule has 0 bridgehead atoms. The maximum absolute atomic E-state index is 13.0. The van der Waals surface area contributed by atoms with Gasteiger partial charge in [-0.25, -0.2) is 4.79 Å². The van der Waals surface area contributed by atoms with Gasteiger partial charge in [-0.1, -0.05) is 30.3 Å². The highest BCUT2D eigenvalue weighted by molar-refractivity contribution is 5.97. The molecule has 36 heavy (non-hydrogen) atoms. The molecule has 180 valence electrons. The number of fused-ring (bicyclic) bond motifs is 6. The number of carbonyl (C=O) groups excluding carboxylic acids is 1. The van der Waals surface area contributed by atoms with E-state index < -0.39 is 5.60 Å². The molecule has 0 N–H and O–H groups in total. The van der Waals surface area contributed by atoms with Gasteiger partial charge in [0.1, 0.15) is 17.2 Å². The highest BCUT2D eigenvalue weighted by atomic mass is 16.7. The lowest BCUT2D eigenvalue weighted by atomic mass is 9.77. The fourth-order valence-corrected chi connectivity index (χ4v) is 5.02. The number of anilines is 2. The van der Waals surface area contributed by atoms with Crippen LogP contribution in [0, 0.1) is 6.92 Å². The largest absolute Gasteiger partial charge is 0.468 e. The topological polar surface area (TPSA) is 57.2 Å². The van der Waals surface area contributed by atoms with Gasteiger partial charge >= 0.3 is 5.97 Å². The second-order valence-electron chi connectivity index (χ2n) is 9.00. The Bertz CT molecular complexity index is 1480. The van der Waals surface area contributed by atoms with E-state index in [9.17, 15) is 4.79 Å². The minimum Gasteiger partial charge on any atom is -0.468 e. The molecule has 1 spiro atoms. The van der Waals surface area contributed by atoms with Crippen molar-refractivity contribution in [1.82, 2.24) is 0 Å². The third kappa shape index (κ3) is 3.33. The number of hydrogen-bond acceptors (Lipinski definition) is 6. The maximum Gasteiger partial charge on any atom is 0.340 e. The maximum atomic E-state index is 13.0. The van der Waals surface area contributed by atoms with Crippen molar-refractivity contribution in [3.63, 3.8) is 0 Å². The van der Waals surface area contributed by atoms with E-state index in [0.29, 0.717) is 17.1 Å². The Kier molecular flexibility index (Phi) is 5.20. The van der Waals surface area contributed by atoms with E-state index in [4.69, 9.17) is 18.9 Å². The molecule has 1 unspecified atom stereocenters. The Balaban J connectivity index is 1.45. The van der Waals surface area contributed by atoms with Gasteiger partial charge in [-0.2, -0.15) is 0 Å². The summed E-state index contributed by atoms with van der Waals surface area (Å²) < 4.78 is 23.1. The standard InChI is InChI=1S/C30H25NO5/c1-19-8-14-25-27(16-19)35-28-17-21(31(2)20-9-12-22(13-10-20)34-18-33-3)11-15-26(28)30(25)24-7-5-4-6-23(24)29(32)36-30/h4-17H,18H2,1-3H3. The highest BCUT2D eigenvalue weighted by Crippen LogP contribution is 2.56. The molecule has 4 aromatic rings. The van der Waals surface area contributed by atoms with Crippen LogP contribution in [0.4, 0.5) is 11.4 Å². The minimum absolute atomic E-state index is 0.202. The molecular weight excluding hydrogens is 454 g/mol. The van der Waals surface area contributed by atoms with Crippen LogP contribution in [0.3, 0.4) is 0 Å². The van der Waals surface area contributed by atoms with Crippen LogP contribution in [-0.2, 0) is 15.1 Å². The second kappa shape index (κ2) is 8.43. The average Bonchev–Trinajstić information content (AvgIpc) is 3.19. The van der Waals surface area contributed by atoms with Crippen molar-refractivity contribution in [2.24, 2.45) is 0 Å². The fraction of sp³-hybridized carbons (Fsp3) is 0.167. The average molecular weight is 480 g/mol. The summed E-state index contributed by atoms with van der Waals surface area (Å²) in [6.07, 6.45) is 0. The molecule has 0 saturated heterocycles. The summed E-state index contributed by atoms with van der Waals surface area (Å²) in [4.78, 5) is 15.1. The van der Waals surface area contributed by atoms with Crippen molar-refractivity contribution < 1.29 is 23.7 Å². The zero-order valence-corrected chi connectivity index (χ0v) is 20.3. The van der Waals surface area contributed by atoms with Crippen LogP contribution >= 0.6 is 0 Å². The lowest BCUT2D eigenvalue weighted by Gasteiger charge is -2.37. The van der Waals surface area contributed by atoms with Crippen LogP contribution in [0.2, 0.25) is 0 Å². The molecule has 2 heterocycles. The highest BCUT2D eigenvalue weighted by Gasteiger charge is 2.53.